The minimum absolute atomic E-state index is 0.289. The van der Waals surface area contributed by atoms with Gasteiger partial charge in [-0.3, -0.25) is 0 Å². The van der Waals surface area contributed by atoms with Gasteiger partial charge in [-0.1, -0.05) is 12.1 Å². The average molecular weight is 445 g/mol. The lowest BCUT2D eigenvalue weighted by Crippen LogP contribution is -2.21. The standard InChI is InChI=1S/C25H21F2N5O/c1-32-10-2-3-11-33-22-13-17(6-4-15(22)14-28)29-25-30-23-19(8-9-20(23)24(32)31-25)18-7-5-16(26)12-21(18)27/h2-7,12-13,19H,8-11H2,1H3,(H,29,30,31). The quantitative estimate of drug-likeness (QED) is 0.541. The second kappa shape index (κ2) is 8.51. The van der Waals surface area contributed by atoms with E-state index in [1.807, 2.05) is 24.1 Å². The van der Waals surface area contributed by atoms with Crippen LogP contribution in [0, 0.1) is 23.0 Å². The van der Waals surface area contributed by atoms with Gasteiger partial charge in [0, 0.05) is 42.9 Å². The van der Waals surface area contributed by atoms with E-state index in [0.717, 1.165) is 23.1 Å². The van der Waals surface area contributed by atoms with Crippen molar-refractivity contribution in [2.45, 2.75) is 18.8 Å². The summed E-state index contributed by atoms with van der Waals surface area (Å²) < 4.78 is 33.9. The molecule has 1 atom stereocenters. The number of fused-ring (bicyclic) bond motifs is 6. The first-order chi connectivity index (χ1) is 16.0. The molecule has 1 aliphatic heterocycles. The molecule has 2 aliphatic rings. The van der Waals surface area contributed by atoms with Crippen molar-refractivity contribution < 1.29 is 13.5 Å². The molecule has 1 aliphatic carbocycles. The van der Waals surface area contributed by atoms with Gasteiger partial charge in [-0.05, 0) is 42.7 Å². The summed E-state index contributed by atoms with van der Waals surface area (Å²) in [6.07, 6.45) is 5.24. The lowest BCUT2D eigenvalue weighted by Gasteiger charge is -2.21. The van der Waals surface area contributed by atoms with Crippen LogP contribution in [0.5, 0.6) is 5.75 Å². The van der Waals surface area contributed by atoms with Gasteiger partial charge in [0.15, 0.2) is 0 Å². The Labute approximate surface area is 190 Å². The first kappa shape index (κ1) is 20.9. The maximum Gasteiger partial charge on any atom is 0.229 e. The number of hydrogen-bond donors (Lipinski definition) is 1. The van der Waals surface area contributed by atoms with Crippen LogP contribution in [0.3, 0.4) is 0 Å². The summed E-state index contributed by atoms with van der Waals surface area (Å²) in [6, 6.07) is 11.0. The van der Waals surface area contributed by atoms with Crippen molar-refractivity contribution in [3.8, 4) is 11.8 Å². The molecule has 2 heterocycles. The van der Waals surface area contributed by atoms with Crippen LogP contribution in [-0.4, -0.2) is 30.2 Å². The van der Waals surface area contributed by atoms with Gasteiger partial charge in [0.25, 0.3) is 0 Å². The Morgan fingerprint density at radius 3 is 2.85 bits per heavy atom. The van der Waals surface area contributed by atoms with Crippen LogP contribution in [0.4, 0.5) is 26.2 Å². The molecule has 5 rings (SSSR count). The number of nitrogens with one attached hydrogen (secondary N) is 1. The maximum atomic E-state index is 14.6. The number of anilines is 3. The van der Waals surface area contributed by atoms with Crippen molar-refractivity contribution >= 4 is 17.5 Å². The van der Waals surface area contributed by atoms with E-state index in [9.17, 15) is 14.0 Å². The molecule has 0 amide bonds. The van der Waals surface area contributed by atoms with Gasteiger partial charge in [-0.25, -0.2) is 13.8 Å². The highest BCUT2D eigenvalue weighted by molar-refractivity contribution is 5.63. The van der Waals surface area contributed by atoms with Crippen molar-refractivity contribution in [3.63, 3.8) is 0 Å². The third kappa shape index (κ3) is 3.98. The monoisotopic (exact) mass is 445 g/mol. The normalized spacial score (nSPS) is 17.0. The number of hydrogen-bond acceptors (Lipinski definition) is 6. The van der Waals surface area contributed by atoms with E-state index in [1.165, 1.54) is 12.1 Å². The molecule has 0 saturated heterocycles. The fourth-order valence-corrected chi connectivity index (χ4v) is 4.37. The zero-order chi connectivity index (χ0) is 22.9. The van der Waals surface area contributed by atoms with E-state index in [0.29, 0.717) is 54.5 Å². The van der Waals surface area contributed by atoms with E-state index in [1.54, 1.807) is 18.2 Å². The summed E-state index contributed by atoms with van der Waals surface area (Å²) in [7, 11) is 1.94. The molecule has 33 heavy (non-hydrogen) atoms. The lowest BCUT2D eigenvalue weighted by atomic mass is 9.96. The second-order valence-corrected chi connectivity index (χ2v) is 8.10. The molecule has 1 N–H and O–H groups in total. The summed E-state index contributed by atoms with van der Waals surface area (Å²) >= 11 is 0. The summed E-state index contributed by atoms with van der Waals surface area (Å²) in [5, 5.41) is 12.6. The number of likely N-dealkylation sites (N-methyl/N-ethyl adjacent to an activating group) is 1. The third-order valence-corrected chi connectivity index (χ3v) is 5.97. The first-order valence-corrected chi connectivity index (χ1v) is 10.7. The van der Waals surface area contributed by atoms with Crippen LogP contribution < -0.4 is 15.0 Å². The Morgan fingerprint density at radius 2 is 2.03 bits per heavy atom. The van der Waals surface area contributed by atoms with Gasteiger partial charge in [0.2, 0.25) is 5.95 Å². The Kier molecular flexibility index (Phi) is 5.38. The van der Waals surface area contributed by atoms with Crippen LogP contribution in [0.2, 0.25) is 0 Å². The van der Waals surface area contributed by atoms with Gasteiger partial charge in [0.05, 0.1) is 11.3 Å². The van der Waals surface area contributed by atoms with Crippen molar-refractivity contribution in [2.75, 3.05) is 30.4 Å². The maximum absolute atomic E-state index is 14.6. The van der Waals surface area contributed by atoms with Gasteiger partial charge in [0.1, 0.15) is 35.9 Å². The Hall–Kier alpha value is -3.99. The lowest BCUT2D eigenvalue weighted by molar-refractivity contribution is 0.362. The van der Waals surface area contributed by atoms with Crippen LogP contribution in [0.1, 0.15) is 34.7 Å². The smallest absolute Gasteiger partial charge is 0.229 e. The highest BCUT2D eigenvalue weighted by atomic mass is 19.1. The van der Waals surface area contributed by atoms with Crippen molar-refractivity contribution in [1.82, 2.24) is 9.97 Å². The topological polar surface area (TPSA) is 74.1 Å². The van der Waals surface area contributed by atoms with Crippen LogP contribution >= 0.6 is 0 Å². The van der Waals surface area contributed by atoms with Crippen molar-refractivity contribution in [3.05, 3.63) is 82.6 Å². The van der Waals surface area contributed by atoms with Gasteiger partial charge in [-0.2, -0.15) is 10.2 Å². The Morgan fingerprint density at radius 1 is 1.15 bits per heavy atom. The summed E-state index contributed by atoms with van der Waals surface area (Å²) in [5.41, 5.74) is 3.24. The minimum Gasteiger partial charge on any atom is -0.488 e. The number of halogens is 2. The van der Waals surface area contributed by atoms with Crippen LogP contribution in [-0.2, 0) is 6.42 Å². The molecule has 2 aromatic carbocycles. The summed E-state index contributed by atoms with van der Waals surface area (Å²) in [4.78, 5) is 11.5. The number of ether oxygens (including phenoxy) is 1. The number of nitriles is 1. The molecule has 3 aromatic rings. The SMILES string of the molecule is CN1CC=CCOc2cc(ccc2C#N)Nc2nc3c(c1n2)CCC3c1ccc(F)cc1F. The Balaban J connectivity index is 1.62. The highest BCUT2D eigenvalue weighted by Crippen LogP contribution is 2.42. The molecule has 1 aromatic heterocycles. The predicted molar refractivity (Wildman–Crippen MR) is 121 cm³/mol. The number of nitrogens with zero attached hydrogens (tertiary/aromatic N) is 4. The zero-order valence-corrected chi connectivity index (χ0v) is 18.0. The van der Waals surface area contributed by atoms with E-state index in [-0.39, 0.29) is 5.92 Å². The number of aromatic nitrogens is 2. The molecule has 4 bridgehead atoms. The molecule has 6 nitrogen and oxygen atoms in total. The molecular formula is C25H21F2N5O. The van der Waals surface area contributed by atoms with E-state index in [4.69, 9.17) is 14.7 Å². The summed E-state index contributed by atoms with van der Waals surface area (Å²) in [6.45, 7) is 0.920. The fourth-order valence-electron chi connectivity index (χ4n) is 4.37. The molecule has 0 spiro atoms. The molecule has 0 saturated carbocycles. The molecule has 1 unspecified atom stereocenters. The Bertz CT molecular complexity index is 1300. The second-order valence-electron chi connectivity index (χ2n) is 8.10. The van der Waals surface area contributed by atoms with Gasteiger partial charge in [-0.15, -0.1) is 0 Å². The third-order valence-electron chi connectivity index (χ3n) is 5.97. The van der Waals surface area contributed by atoms with Crippen molar-refractivity contribution in [1.29, 1.82) is 5.26 Å². The zero-order valence-electron chi connectivity index (χ0n) is 18.0. The molecule has 0 fully saturated rings. The predicted octanol–water partition coefficient (Wildman–Crippen LogP) is 4.83. The largest absolute Gasteiger partial charge is 0.488 e. The molecular weight excluding hydrogens is 424 g/mol. The summed E-state index contributed by atoms with van der Waals surface area (Å²) in [5.74, 6) is 0.138. The van der Waals surface area contributed by atoms with Gasteiger partial charge >= 0.3 is 0 Å². The first-order valence-electron chi connectivity index (χ1n) is 10.7. The molecule has 8 heteroatoms. The van der Waals surface area contributed by atoms with Crippen LogP contribution in [0.25, 0.3) is 0 Å². The number of benzene rings is 2. The van der Waals surface area contributed by atoms with E-state index >= 15 is 0 Å². The average Bonchev–Trinajstić information content (AvgIpc) is 3.21. The van der Waals surface area contributed by atoms with E-state index < -0.39 is 11.6 Å². The fraction of sp³-hybridized carbons (Fsp3) is 0.240. The van der Waals surface area contributed by atoms with E-state index in [2.05, 4.69) is 11.4 Å². The van der Waals surface area contributed by atoms with Crippen LogP contribution in [0.15, 0.2) is 48.6 Å². The molecule has 0 radical (unpaired) electrons. The highest BCUT2D eigenvalue weighted by Gasteiger charge is 2.32. The van der Waals surface area contributed by atoms with Crippen molar-refractivity contribution in [2.24, 2.45) is 0 Å². The molecule has 166 valence electrons. The number of rotatable bonds is 1. The van der Waals surface area contributed by atoms with Gasteiger partial charge < -0.3 is 15.0 Å². The minimum atomic E-state index is -0.601.